The predicted molar refractivity (Wildman–Crippen MR) is 62.0 cm³/mol. The topological polar surface area (TPSA) is 113 Å². The van der Waals surface area contributed by atoms with Gasteiger partial charge in [0.25, 0.3) is 0 Å². The molecular formula is C9H16N2O5S. The van der Waals surface area contributed by atoms with Crippen LogP contribution in [0, 0.1) is 0 Å². The van der Waals surface area contributed by atoms with E-state index in [9.17, 15) is 18.6 Å². The highest BCUT2D eigenvalue weighted by atomic mass is 32.2. The maximum absolute atomic E-state index is 11.1. The van der Waals surface area contributed by atoms with Crippen molar-refractivity contribution in [3.63, 3.8) is 0 Å². The van der Waals surface area contributed by atoms with E-state index in [4.69, 9.17) is 5.11 Å². The van der Waals surface area contributed by atoms with Crippen molar-refractivity contribution in [2.24, 2.45) is 0 Å². The molecule has 0 aliphatic rings. The standard InChI is InChI=1S/C9H16N2O5S/c1-2-17(16)6-5-10-9(15)11-7(12)3-4-8(13)14/h2-6H2,1H3,(H,13,14)(H2,10,11,12,15). The van der Waals surface area contributed by atoms with Crippen molar-refractivity contribution >= 4 is 28.7 Å². The van der Waals surface area contributed by atoms with Gasteiger partial charge in [-0.2, -0.15) is 0 Å². The second kappa shape index (κ2) is 8.68. The van der Waals surface area contributed by atoms with Crippen LogP contribution < -0.4 is 10.6 Å². The third-order valence-electron chi connectivity index (χ3n) is 1.76. The third-order valence-corrected chi connectivity index (χ3v) is 3.06. The molecule has 1 atom stereocenters. The molecule has 7 nitrogen and oxygen atoms in total. The molecule has 0 saturated heterocycles. The van der Waals surface area contributed by atoms with Gasteiger partial charge in [0.2, 0.25) is 5.91 Å². The number of imide groups is 1. The summed E-state index contributed by atoms with van der Waals surface area (Å²) in [5, 5.41) is 12.6. The monoisotopic (exact) mass is 264 g/mol. The van der Waals surface area contributed by atoms with Crippen molar-refractivity contribution in [2.45, 2.75) is 19.8 Å². The first kappa shape index (κ1) is 15.6. The van der Waals surface area contributed by atoms with Crippen LogP contribution in [-0.4, -0.2) is 45.3 Å². The second-order valence-corrected chi connectivity index (χ2v) is 5.00. The molecule has 17 heavy (non-hydrogen) atoms. The molecule has 0 rings (SSSR count). The van der Waals surface area contributed by atoms with E-state index in [0.717, 1.165) is 0 Å². The zero-order valence-electron chi connectivity index (χ0n) is 9.52. The number of carbonyl (C=O) groups excluding carboxylic acids is 2. The summed E-state index contributed by atoms with van der Waals surface area (Å²) in [6.07, 6.45) is -0.567. The van der Waals surface area contributed by atoms with E-state index in [1.165, 1.54) is 0 Å². The molecule has 0 bridgehead atoms. The summed E-state index contributed by atoms with van der Waals surface area (Å²) >= 11 is 0. The van der Waals surface area contributed by atoms with Crippen molar-refractivity contribution in [1.82, 2.24) is 10.6 Å². The molecule has 0 aromatic carbocycles. The summed E-state index contributed by atoms with van der Waals surface area (Å²) in [5.41, 5.74) is 0. The van der Waals surface area contributed by atoms with Gasteiger partial charge in [0, 0.05) is 35.3 Å². The molecular weight excluding hydrogens is 248 g/mol. The Kier molecular flexibility index (Phi) is 7.95. The van der Waals surface area contributed by atoms with Crippen LogP contribution in [0.4, 0.5) is 4.79 Å². The zero-order chi connectivity index (χ0) is 13.3. The maximum atomic E-state index is 11.1. The molecule has 0 heterocycles. The highest BCUT2D eigenvalue weighted by molar-refractivity contribution is 7.84. The minimum absolute atomic E-state index is 0.207. The van der Waals surface area contributed by atoms with Crippen molar-refractivity contribution in [3.8, 4) is 0 Å². The Labute approximate surface area is 101 Å². The summed E-state index contributed by atoms with van der Waals surface area (Å²) in [6.45, 7) is 1.98. The minimum Gasteiger partial charge on any atom is -0.481 e. The van der Waals surface area contributed by atoms with Gasteiger partial charge in [-0.15, -0.1) is 0 Å². The van der Waals surface area contributed by atoms with Crippen molar-refractivity contribution in [2.75, 3.05) is 18.1 Å². The molecule has 1 unspecified atom stereocenters. The van der Waals surface area contributed by atoms with Crippen LogP contribution in [-0.2, 0) is 20.4 Å². The Morgan fingerprint density at radius 3 is 2.41 bits per heavy atom. The maximum Gasteiger partial charge on any atom is 0.321 e. The fourth-order valence-electron chi connectivity index (χ4n) is 0.877. The van der Waals surface area contributed by atoms with Crippen molar-refractivity contribution in [1.29, 1.82) is 0 Å². The van der Waals surface area contributed by atoms with E-state index >= 15 is 0 Å². The van der Waals surface area contributed by atoms with Gasteiger partial charge in [0.05, 0.1) is 6.42 Å². The van der Waals surface area contributed by atoms with Crippen LogP contribution in [0.3, 0.4) is 0 Å². The molecule has 0 aliphatic carbocycles. The number of aliphatic carboxylic acids is 1. The van der Waals surface area contributed by atoms with Gasteiger partial charge in [0.15, 0.2) is 0 Å². The van der Waals surface area contributed by atoms with Crippen molar-refractivity contribution < 1.29 is 23.7 Å². The fraction of sp³-hybridized carbons (Fsp3) is 0.667. The first-order chi connectivity index (χ1) is 7.95. The smallest absolute Gasteiger partial charge is 0.321 e. The first-order valence-electron chi connectivity index (χ1n) is 5.10. The molecule has 0 spiro atoms. The Bertz CT molecular complexity index is 319. The zero-order valence-corrected chi connectivity index (χ0v) is 10.3. The number of nitrogens with one attached hydrogen (secondary N) is 2. The molecule has 3 N–H and O–H groups in total. The van der Waals surface area contributed by atoms with E-state index in [2.05, 4.69) is 5.32 Å². The molecule has 0 fully saturated rings. The molecule has 98 valence electrons. The summed E-state index contributed by atoms with van der Waals surface area (Å²) in [4.78, 5) is 32.2. The molecule has 0 radical (unpaired) electrons. The average molecular weight is 264 g/mol. The Balaban J connectivity index is 3.67. The largest absolute Gasteiger partial charge is 0.481 e. The van der Waals surface area contributed by atoms with Gasteiger partial charge >= 0.3 is 12.0 Å². The summed E-state index contributed by atoms with van der Waals surface area (Å²) < 4.78 is 11.0. The number of urea groups is 1. The number of carboxylic acid groups (broad SMARTS) is 1. The Hall–Kier alpha value is -1.44. The molecule has 3 amide bonds. The average Bonchev–Trinajstić information content (AvgIpc) is 2.26. The SMILES string of the molecule is CCS(=O)CCNC(=O)NC(=O)CCC(=O)O. The lowest BCUT2D eigenvalue weighted by molar-refractivity contribution is -0.138. The van der Waals surface area contributed by atoms with Gasteiger partial charge in [-0.3, -0.25) is 19.1 Å². The van der Waals surface area contributed by atoms with Crippen molar-refractivity contribution in [3.05, 3.63) is 0 Å². The Morgan fingerprint density at radius 2 is 1.88 bits per heavy atom. The fourth-order valence-corrected chi connectivity index (χ4v) is 1.49. The van der Waals surface area contributed by atoms with E-state index in [1.54, 1.807) is 6.92 Å². The highest BCUT2D eigenvalue weighted by Gasteiger charge is 2.09. The lowest BCUT2D eigenvalue weighted by Gasteiger charge is -2.05. The minimum atomic E-state index is -1.10. The van der Waals surface area contributed by atoms with Gasteiger partial charge < -0.3 is 10.4 Å². The van der Waals surface area contributed by atoms with E-state index in [0.29, 0.717) is 11.5 Å². The van der Waals surface area contributed by atoms with E-state index < -0.39 is 28.7 Å². The normalized spacial score (nSPS) is 11.6. The van der Waals surface area contributed by atoms with Gasteiger partial charge in [-0.1, -0.05) is 6.92 Å². The lowest BCUT2D eigenvalue weighted by atomic mass is 10.3. The van der Waals surface area contributed by atoms with Crippen LogP contribution in [0.15, 0.2) is 0 Å². The number of hydrogen-bond acceptors (Lipinski definition) is 4. The lowest BCUT2D eigenvalue weighted by Crippen LogP contribution is -2.41. The third kappa shape index (κ3) is 9.49. The van der Waals surface area contributed by atoms with Gasteiger partial charge in [-0.05, 0) is 0 Å². The highest BCUT2D eigenvalue weighted by Crippen LogP contribution is 1.88. The van der Waals surface area contributed by atoms with Crippen LogP contribution >= 0.6 is 0 Å². The summed E-state index contributed by atoms with van der Waals surface area (Å²) in [5.74, 6) is -0.908. The van der Waals surface area contributed by atoms with Crippen LogP contribution in [0.2, 0.25) is 0 Å². The first-order valence-corrected chi connectivity index (χ1v) is 6.59. The number of rotatable bonds is 7. The van der Waals surface area contributed by atoms with Gasteiger partial charge in [0.1, 0.15) is 0 Å². The number of carboxylic acids is 1. The molecule has 0 aromatic rings. The van der Waals surface area contributed by atoms with E-state index in [1.807, 2.05) is 5.32 Å². The van der Waals surface area contributed by atoms with Crippen LogP contribution in [0.5, 0.6) is 0 Å². The quantitative estimate of drug-likeness (QED) is 0.571. The predicted octanol–water partition coefficient (Wildman–Crippen LogP) is -0.554. The second-order valence-electron chi connectivity index (χ2n) is 3.13. The molecule has 0 saturated carbocycles. The Morgan fingerprint density at radius 1 is 1.24 bits per heavy atom. The number of amides is 3. The molecule has 0 aromatic heterocycles. The summed E-state index contributed by atoms with van der Waals surface area (Å²) in [7, 11) is -0.971. The van der Waals surface area contributed by atoms with E-state index in [-0.39, 0.29) is 19.4 Å². The molecule has 0 aliphatic heterocycles. The van der Waals surface area contributed by atoms with Gasteiger partial charge in [-0.25, -0.2) is 4.79 Å². The van der Waals surface area contributed by atoms with Crippen LogP contribution in [0.25, 0.3) is 0 Å². The van der Waals surface area contributed by atoms with Crippen LogP contribution in [0.1, 0.15) is 19.8 Å². The molecule has 8 heteroatoms. The number of carbonyl (C=O) groups is 3. The summed E-state index contributed by atoms with van der Waals surface area (Å²) in [6, 6.07) is -0.700. The number of hydrogen-bond donors (Lipinski definition) is 3.